The summed E-state index contributed by atoms with van der Waals surface area (Å²) in [5.41, 5.74) is 2.79. The fourth-order valence-electron chi connectivity index (χ4n) is 5.81. The van der Waals surface area contributed by atoms with E-state index in [9.17, 15) is 18.0 Å². The number of benzene rings is 2. The SMILES string of the molecule is Cc1ccc(S(=O)(=O)Nc2ccc(C(=O)OCC(=O)N3C[C@]4(C)C[C@H]3CC(C)(C)C4)cc2)cc1C. The van der Waals surface area contributed by atoms with Crippen LogP contribution in [0.2, 0.25) is 0 Å². The minimum atomic E-state index is -3.75. The number of amides is 1. The van der Waals surface area contributed by atoms with Crippen LogP contribution in [0.25, 0.3) is 0 Å². The van der Waals surface area contributed by atoms with Crippen molar-refractivity contribution >= 4 is 27.6 Å². The van der Waals surface area contributed by atoms with Crippen LogP contribution in [0.5, 0.6) is 0 Å². The lowest BCUT2D eigenvalue weighted by molar-refractivity contribution is -0.135. The van der Waals surface area contributed by atoms with Crippen LogP contribution in [-0.4, -0.2) is 44.4 Å². The molecule has 1 N–H and O–H groups in total. The second kappa shape index (κ2) is 8.97. The molecule has 1 saturated carbocycles. The van der Waals surface area contributed by atoms with Crippen LogP contribution in [0, 0.1) is 24.7 Å². The zero-order valence-corrected chi connectivity index (χ0v) is 21.9. The van der Waals surface area contributed by atoms with Crippen molar-refractivity contribution in [2.24, 2.45) is 10.8 Å². The number of sulfonamides is 1. The lowest BCUT2D eigenvalue weighted by Crippen LogP contribution is -2.39. The highest BCUT2D eigenvalue weighted by atomic mass is 32.2. The molecule has 1 amide bonds. The molecule has 0 radical (unpaired) electrons. The van der Waals surface area contributed by atoms with E-state index in [-0.39, 0.29) is 39.8 Å². The van der Waals surface area contributed by atoms with E-state index in [1.807, 2.05) is 18.7 Å². The van der Waals surface area contributed by atoms with Crippen molar-refractivity contribution in [3.05, 3.63) is 59.2 Å². The standard InChI is InChI=1S/C27H34N2O5S/c1-18-6-11-23(12-19(18)2)35(32,33)28-21-9-7-20(8-10-21)25(31)34-15-24(30)29-17-27(5)14-22(29)13-26(3,4)16-27/h6-12,22,28H,13-17H2,1-5H3/t22-,27-/m1/s1. The molecule has 2 atom stereocenters. The van der Waals surface area contributed by atoms with E-state index >= 15 is 0 Å². The fourth-order valence-corrected chi connectivity index (χ4v) is 6.96. The molecular formula is C27H34N2O5S. The third-order valence-electron chi connectivity index (χ3n) is 7.22. The van der Waals surface area contributed by atoms with Gasteiger partial charge in [0.1, 0.15) is 0 Å². The molecule has 4 rings (SSSR count). The Hall–Kier alpha value is -2.87. The second-order valence-corrected chi connectivity index (χ2v) is 12.9. The minimum absolute atomic E-state index is 0.118. The Morgan fingerprint density at radius 3 is 2.37 bits per heavy atom. The van der Waals surface area contributed by atoms with Gasteiger partial charge in [-0.1, -0.05) is 26.8 Å². The van der Waals surface area contributed by atoms with Gasteiger partial charge in [-0.2, -0.15) is 0 Å². The summed E-state index contributed by atoms with van der Waals surface area (Å²) in [7, 11) is -3.75. The number of carbonyl (C=O) groups is 2. The maximum absolute atomic E-state index is 12.8. The van der Waals surface area contributed by atoms with Crippen LogP contribution in [0.4, 0.5) is 5.69 Å². The lowest BCUT2D eigenvalue weighted by Gasteiger charge is -2.39. The Balaban J connectivity index is 1.35. The van der Waals surface area contributed by atoms with E-state index in [4.69, 9.17) is 4.74 Å². The molecule has 2 aromatic carbocycles. The molecule has 1 aliphatic heterocycles. The Morgan fingerprint density at radius 1 is 1.03 bits per heavy atom. The molecule has 0 spiro atoms. The van der Waals surface area contributed by atoms with Gasteiger partial charge in [0.25, 0.3) is 15.9 Å². The first-order valence-corrected chi connectivity index (χ1v) is 13.4. The number of rotatable bonds is 6. The van der Waals surface area contributed by atoms with Gasteiger partial charge in [-0.15, -0.1) is 0 Å². The number of nitrogens with one attached hydrogen (secondary N) is 1. The van der Waals surface area contributed by atoms with Crippen molar-refractivity contribution < 1.29 is 22.7 Å². The third-order valence-corrected chi connectivity index (χ3v) is 8.60. The molecule has 0 aromatic heterocycles. The molecule has 188 valence electrons. The molecule has 1 saturated heterocycles. The molecule has 2 bridgehead atoms. The monoisotopic (exact) mass is 498 g/mol. The number of likely N-dealkylation sites (tertiary alicyclic amines) is 1. The van der Waals surface area contributed by atoms with Gasteiger partial charge in [-0.05, 0) is 91.5 Å². The first-order valence-electron chi connectivity index (χ1n) is 11.9. The summed E-state index contributed by atoms with van der Waals surface area (Å²) in [5.74, 6) is -0.779. The van der Waals surface area contributed by atoms with Crippen molar-refractivity contribution in [2.45, 2.75) is 64.8 Å². The van der Waals surface area contributed by atoms with Crippen LogP contribution in [0.3, 0.4) is 0 Å². The lowest BCUT2D eigenvalue weighted by atomic mass is 9.65. The van der Waals surface area contributed by atoms with Crippen LogP contribution in [0.15, 0.2) is 47.4 Å². The topological polar surface area (TPSA) is 92.8 Å². The van der Waals surface area contributed by atoms with Crippen molar-refractivity contribution in [1.82, 2.24) is 4.90 Å². The van der Waals surface area contributed by atoms with Gasteiger partial charge >= 0.3 is 5.97 Å². The molecule has 0 unspecified atom stereocenters. The Kier molecular flexibility index (Phi) is 6.47. The summed E-state index contributed by atoms with van der Waals surface area (Å²) in [6.07, 6.45) is 3.04. The highest BCUT2D eigenvalue weighted by molar-refractivity contribution is 7.92. The van der Waals surface area contributed by atoms with Crippen molar-refractivity contribution in [2.75, 3.05) is 17.9 Å². The number of carbonyl (C=O) groups excluding carboxylic acids is 2. The van der Waals surface area contributed by atoms with Gasteiger partial charge in [-0.25, -0.2) is 13.2 Å². The maximum atomic E-state index is 12.8. The number of hydrogen-bond donors (Lipinski definition) is 1. The van der Waals surface area contributed by atoms with E-state index in [0.717, 1.165) is 30.4 Å². The molecule has 8 heteroatoms. The number of hydrogen-bond acceptors (Lipinski definition) is 5. The second-order valence-electron chi connectivity index (χ2n) is 11.2. The Morgan fingerprint density at radius 2 is 1.71 bits per heavy atom. The Bertz CT molecular complexity index is 1250. The molecule has 2 fully saturated rings. The van der Waals surface area contributed by atoms with E-state index in [0.29, 0.717) is 12.2 Å². The zero-order valence-electron chi connectivity index (χ0n) is 21.1. The molecule has 7 nitrogen and oxygen atoms in total. The van der Waals surface area contributed by atoms with Crippen molar-refractivity contribution in [3.63, 3.8) is 0 Å². The highest BCUT2D eigenvalue weighted by Gasteiger charge is 2.50. The summed E-state index contributed by atoms with van der Waals surface area (Å²) >= 11 is 0. The van der Waals surface area contributed by atoms with Gasteiger partial charge in [-0.3, -0.25) is 9.52 Å². The quantitative estimate of drug-likeness (QED) is 0.584. The van der Waals surface area contributed by atoms with Gasteiger partial charge in [0.2, 0.25) is 0 Å². The van der Waals surface area contributed by atoms with Crippen LogP contribution >= 0.6 is 0 Å². The largest absolute Gasteiger partial charge is 0.452 e. The summed E-state index contributed by atoms with van der Waals surface area (Å²) in [5, 5.41) is 0. The Labute approximate surface area is 207 Å². The molecular weight excluding hydrogens is 464 g/mol. The minimum Gasteiger partial charge on any atom is -0.452 e. The number of esters is 1. The normalized spacial score (nSPS) is 23.1. The highest BCUT2D eigenvalue weighted by Crippen LogP contribution is 2.52. The zero-order chi connectivity index (χ0) is 25.6. The van der Waals surface area contributed by atoms with Gasteiger partial charge in [0.15, 0.2) is 6.61 Å². The number of fused-ring (bicyclic) bond motifs is 2. The fraction of sp³-hybridized carbons (Fsp3) is 0.481. The first-order chi connectivity index (χ1) is 16.3. The van der Waals surface area contributed by atoms with E-state index in [2.05, 4.69) is 25.5 Å². The van der Waals surface area contributed by atoms with Gasteiger partial charge in [0.05, 0.1) is 10.5 Å². The number of nitrogens with zero attached hydrogens (tertiary/aromatic N) is 1. The van der Waals surface area contributed by atoms with Crippen LogP contribution < -0.4 is 4.72 Å². The van der Waals surface area contributed by atoms with E-state index in [1.54, 1.807) is 18.2 Å². The predicted molar refractivity (Wildman–Crippen MR) is 135 cm³/mol. The van der Waals surface area contributed by atoms with Gasteiger partial charge < -0.3 is 9.64 Å². The number of anilines is 1. The average molecular weight is 499 g/mol. The van der Waals surface area contributed by atoms with Gasteiger partial charge in [0, 0.05) is 18.3 Å². The average Bonchev–Trinajstić information content (AvgIpc) is 3.02. The third kappa shape index (κ3) is 5.53. The summed E-state index contributed by atoms with van der Waals surface area (Å²) in [6.45, 7) is 10.9. The van der Waals surface area contributed by atoms with E-state index in [1.165, 1.54) is 24.3 Å². The first kappa shape index (κ1) is 25.2. The maximum Gasteiger partial charge on any atom is 0.338 e. The van der Waals surface area contributed by atoms with Crippen molar-refractivity contribution in [1.29, 1.82) is 0 Å². The molecule has 1 heterocycles. The van der Waals surface area contributed by atoms with Crippen LogP contribution in [0.1, 0.15) is 61.5 Å². The molecule has 1 aliphatic carbocycles. The summed E-state index contributed by atoms with van der Waals surface area (Å²) < 4.78 is 33.2. The summed E-state index contributed by atoms with van der Waals surface area (Å²) in [6, 6.07) is 11.1. The van der Waals surface area contributed by atoms with Crippen LogP contribution in [-0.2, 0) is 19.6 Å². The number of aryl methyl sites for hydroxylation is 2. The van der Waals surface area contributed by atoms with Crippen molar-refractivity contribution in [3.8, 4) is 0 Å². The number of ether oxygens (including phenoxy) is 1. The molecule has 2 aliphatic rings. The smallest absolute Gasteiger partial charge is 0.338 e. The predicted octanol–water partition coefficient (Wildman–Crippen LogP) is 4.69. The summed E-state index contributed by atoms with van der Waals surface area (Å²) in [4.78, 5) is 27.4. The van der Waals surface area contributed by atoms with E-state index < -0.39 is 16.0 Å². The molecule has 35 heavy (non-hydrogen) atoms. The molecule has 2 aromatic rings.